The highest BCUT2D eigenvalue weighted by molar-refractivity contribution is 5.05. The third-order valence-corrected chi connectivity index (χ3v) is 5.24. The van der Waals surface area contributed by atoms with Gasteiger partial charge in [-0.25, -0.2) is 4.98 Å². The number of H-pyrrole nitrogens is 1. The molecule has 1 N–H and O–H groups in total. The molecule has 1 aliphatic heterocycles. The standard InChI is InChI=1S/C18H30N4O/c1-14(2)18-19-15(12-17(23)20-18)13-21-8-10-22(11-9-21)16-6-4-3-5-7-16/h12,14,16H,3-11,13H2,1-2H3,(H,19,20,23). The second-order valence-corrected chi connectivity index (χ2v) is 7.38. The molecule has 1 saturated heterocycles. The van der Waals surface area contributed by atoms with Crippen molar-refractivity contribution in [1.29, 1.82) is 0 Å². The maximum Gasteiger partial charge on any atom is 0.251 e. The van der Waals surface area contributed by atoms with Crippen molar-refractivity contribution >= 4 is 0 Å². The van der Waals surface area contributed by atoms with E-state index in [9.17, 15) is 4.79 Å². The lowest BCUT2D eigenvalue weighted by Gasteiger charge is -2.40. The average molecular weight is 318 g/mol. The Balaban J connectivity index is 1.55. The van der Waals surface area contributed by atoms with Crippen LogP contribution in [0.2, 0.25) is 0 Å². The minimum absolute atomic E-state index is 0.0282. The lowest BCUT2D eigenvalue weighted by atomic mass is 9.94. The van der Waals surface area contributed by atoms with Crippen LogP contribution in [-0.2, 0) is 6.54 Å². The van der Waals surface area contributed by atoms with Crippen LogP contribution in [0.5, 0.6) is 0 Å². The first-order valence-electron chi connectivity index (χ1n) is 9.18. The van der Waals surface area contributed by atoms with Crippen LogP contribution in [0.3, 0.4) is 0 Å². The van der Waals surface area contributed by atoms with Crippen LogP contribution in [0.1, 0.15) is 63.4 Å². The number of nitrogens with one attached hydrogen (secondary N) is 1. The molecule has 1 aromatic rings. The van der Waals surface area contributed by atoms with Crippen molar-refractivity contribution in [2.24, 2.45) is 0 Å². The fraction of sp³-hybridized carbons (Fsp3) is 0.778. The van der Waals surface area contributed by atoms with E-state index in [1.165, 1.54) is 32.1 Å². The first kappa shape index (κ1) is 16.7. The van der Waals surface area contributed by atoms with E-state index >= 15 is 0 Å². The van der Waals surface area contributed by atoms with E-state index in [-0.39, 0.29) is 11.5 Å². The van der Waals surface area contributed by atoms with Crippen molar-refractivity contribution in [2.45, 2.75) is 64.5 Å². The monoisotopic (exact) mass is 318 g/mol. The summed E-state index contributed by atoms with van der Waals surface area (Å²) in [6.45, 7) is 9.40. The third-order valence-electron chi connectivity index (χ3n) is 5.24. The molecule has 0 atom stereocenters. The zero-order chi connectivity index (χ0) is 16.2. The highest BCUT2D eigenvalue weighted by Crippen LogP contribution is 2.23. The van der Waals surface area contributed by atoms with Crippen LogP contribution in [0, 0.1) is 0 Å². The van der Waals surface area contributed by atoms with Gasteiger partial charge in [0.2, 0.25) is 0 Å². The van der Waals surface area contributed by atoms with Gasteiger partial charge in [0, 0.05) is 50.7 Å². The number of nitrogens with zero attached hydrogens (tertiary/aromatic N) is 3. The maximum absolute atomic E-state index is 11.8. The molecule has 1 saturated carbocycles. The fourth-order valence-electron chi connectivity index (χ4n) is 3.84. The summed E-state index contributed by atoms with van der Waals surface area (Å²) in [7, 11) is 0. The molecule has 1 aromatic heterocycles. The number of aromatic nitrogens is 2. The SMILES string of the molecule is CC(C)c1nc(CN2CCN(C3CCCCC3)CC2)cc(=O)[nH]1. The molecule has 1 aliphatic carbocycles. The summed E-state index contributed by atoms with van der Waals surface area (Å²) < 4.78 is 0. The van der Waals surface area contributed by atoms with Crippen molar-refractivity contribution in [1.82, 2.24) is 19.8 Å². The Bertz CT molecular complexity index is 554. The Labute approximate surface area is 139 Å². The highest BCUT2D eigenvalue weighted by Gasteiger charge is 2.25. The molecule has 3 rings (SSSR count). The second kappa shape index (κ2) is 7.58. The average Bonchev–Trinajstić information content (AvgIpc) is 2.56. The van der Waals surface area contributed by atoms with Crippen molar-refractivity contribution in [3.63, 3.8) is 0 Å². The maximum atomic E-state index is 11.8. The zero-order valence-electron chi connectivity index (χ0n) is 14.6. The lowest BCUT2D eigenvalue weighted by molar-refractivity contribution is 0.0748. The Hall–Kier alpha value is -1.20. The summed E-state index contributed by atoms with van der Waals surface area (Å²) in [6, 6.07) is 2.47. The van der Waals surface area contributed by atoms with Crippen LogP contribution in [0.25, 0.3) is 0 Å². The van der Waals surface area contributed by atoms with Gasteiger partial charge in [-0.2, -0.15) is 0 Å². The summed E-state index contributed by atoms with van der Waals surface area (Å²) in [5, 5.41) is 0. The molecular weight excluding hydrogens is 288 g/mol. The molecule has 2 fully saturated rings. The molecule has 0 spiro atoms. The number of aromatic amines is 1. The van der Waals surface area contributed by atoms with Crippen LogP contribution >= 0.6 is 0 Å². The van der Waals surface area contributed by atoms with Gasteiger partial charge in [-0.15, -0.1) is 0 Å². The quantitative estimate of drug-likeness (QED) is 0.926. The van der Waals surface area contributed by atoms with E-state index in [0.717, 1.165) is 50.3 Å². The Morgan fingerprint density at radius 3 is 2.52 bits per heavy atom. The van der Waals surface area contributed by atoms with Crippen LogP contribution < -0.4 is 5.56 Å². The van der Waals surface area contributed by atoms with E-state index < -0.39 is 0 Å². The van der Waals surface area contributed by atoms with Crippen molar-refractivity contribution in [2.75, 3.05) is 26.2 Å². The minimum Gasteiger partial charge on any atom is -0.310 e. The van der Waals surface area contributed by atoms with Gasteiger partial charge in [0.1, 0.15) is 5.82 Å². The molecule has 0 amide bonds. The molecular formula is C18H30N4O. The molecule has 2 aliphatic rings. The van der Waals surface area contributed by atoms with Gasteiger partial charge >= 0.3 is 0 Å². The molecule has 23 heavy (non-hydrogen) atoms. The van der Waals surface area contributed by atoms with Gasteiger partial charge in [0.25, 0.3) is 5.56 Å². The van der Waals surface area contributed by atoms with Crippen molar-refractivity contribution < 1.29 is 0 Å². The Morgan fingerprint density at radius 1 is 1.17 bits per heavy atom. The molecule has 5 heteroatoms. The summed E-state index contributed by atoms with van der Waals surface area (Å²) >= 11 is 0. The van der Waals surface area contributed by atoms with Crippen LogP contribution in [0.4, 0.5) is 0 Å². The van der Waals surface area contributed by atoms with Crippen molar-refractivity contribution in [3.05, 3.63) is 27.9 Å². The second-order valence-electron chi connectivity index (χ2n) is 7.38. The predicted octanol–water partition coefficient (Wildman–Crippen LogP) is 2.34. The summed E-state index contributed by atoms with van der Waals surface area (Å²) in [6.07, 6.45) is 6.99. The van der Waals surface area contributed by atoms with E-state index in [4.69, 9.17) is 0 Å². The molecule has 0 unspecified atom stereocenters. The van der Waals surface area contributed by atoms with Gasteiger partial charge in [-0.05, 0) is 12.8 Å². The molecule has 0 bridgehead atoms. The molecule has 0 aromatic carbocycles. The summed E-state index contributed by atoms with van der Waals surface area (Å²) in [5.41, 5.74) is 0.878. The Morgan fingerprint density at radius 2 is 1.87 bits per heavy atom. The topological polar surface area (TPSA) is 52.2 Å². The third kappa shape index (κ3) is 4.42. The normalized spacial score (nSPS) is 21.9. The smallest absolute Gasteiger partial charge is 0.251 e. The van der Waals surface area contributed by atoms with Crippen molar-refractivity contribution in [3.8, 4) is 0 Å². The first-order chi connectivity index (χ1) is 11.1. The van der Waals surface area contributed by atoms with Gasteiger partial charge in [0.15, 0.2) is 0 Å². The highest BCUT2D eigenvalue weighted by atomic mass is 16.1. The van der Waals surface area contributed by atoms with Crippen LogP contribution in [0.15, 0.2) is 10.9 Å². The van der Waals surface area contributed by atoms with E-state index in [1.54, 1.807) is 6.07 Å². The Kier molecular flexibility index (Phi) is 5.49. The van der Waals surface area contributed by atoms with E-state index in [2.05, 4.69) is 33.6 Å². The molecule has 0 radical (unpaired) electrons. The number of hydrogen-bond donors (Lipinski definition) is 1. The van der Waals surface area contributed by atoms with Gasteiger partial charge < -0.3 is 4.98 Å². The lowest BCUT2D eigenvalue weighted by Crippen LogP contribution is -2.50. The van der Waals surface area contributed by atoms with Gasteiger partial charge in [0.05, 0.1) is 5.69 Å². The number of piperazine rings is 1. The van der Waals surface area contributed by atoms with E-state index in [1.807, 2.05) is 0 Å². The first-order valence-corrected chi connectivity index (χ1v) is 9.18. The predicted molar refractivity (Wildman–Crippen MR) is 92.7 cm³/mol. The number of rotatable bonds is 4. The van der Waals surface area contributed by atoms with Gasteiger partial charge in [-0.1, -0.05) is 33.1 Å². The largest absolute Gasteiger partial charge is 0.310 e. The summed E-state index contributed by atoms with van der Waals surface area (Å²) in [4.78, 5) is 24.4. The minimum atomic E-state index is -0.0282. The zero-order valence-corrected chi connectivity index (χ0v) is 14.6. The number of hydrogen-bond acceptors (Lipinski definition) is 4. The molecule has 2 heterocycles. The molecule has 128 valence electrons. The van der Waals surface area contributed by atoms with Crippen LogP contribution in [-0.4, -0.2) is 52.0 Å². The van der Waals surface area contributed by atoms with E-state index in [0.29, 0.717) is 0 Å². The fourth-order valence-corrected chi connectivity index (χ4v) is 3.84. The van der Waals surface area contributed by atoms with Gasteiger partial charge in [-0.3, -0.25) is 14.6 Å². The summed E-state index contributed by atoms with van der Waals surface area (Å²) in [5.74, 6) is 1.05. The molecule has 5 nitrogen and oxygen atoms in total.